The van der Waals surface area contributed by atoms with E-state index in [1.54, 1.807) is 88.4 Å². The number of rotatable bonds is 26. The molecule has 54 heavy (non-hydrogen) atoms. The standard InChI is InChI=1S/C40H50O6S8/c1-8-39(41)45-30(25-53-15-13-34-27(24-47)17-32(48-3)19-36(34)50-5)22-43-28-11-10-12-29(18-28)44-23-31(46-40(42)9-2)26-54-16-14-35-37(51-6)20-33(49-4)21-38(35)52-7/h8-12,17-21,30-31,47H,1-2,13-16,22-26H2,3-7H3. The number of hydrogen-bond donors (Lipinski definition) is 1. The van der Waals surface area contributed by atoms with Gasteiger partial charge in [-0.15, -0.1) is 58.8 Å². The van der Waals surface area contributed by atoms with E-state index in [2.05, 4.69) is 81.3 Å². The third-order valence-corrected chi connectivity index (χ3v) is 14.3. The number of carbonyl (C=O) groups excluding carboxylic acids is 2. The van der Waals surface area contributed by atoms with Crippen LogP contribution < -0.4 is 9.47 Å². The van der Waals surface area contributed by atoms with Crippen LogP contribution in [0, 0.1) is 0 Å². The van der Waals surface area contributed by atoms with Crippen molar-refractivity contribution in [1.82, 2.24) is 0 Å². The van der Waals surface area contributed by atoms with E-state index >= 15 is 0 Å². The quantitative estimate of drug-likeness (QED) is 0.0274. The molecular formula is C40H50O6S8. The molecule has 0 heterocycles. The number of esters is 2. The van der Waals surface area contributed by atoms with Crippen molar-refractivity contribution in [1.29, 1.82) is 0 Å². The molecule has 0 bridgehead atoms. The van der Waals surface area contributed by atoms with Crippen molar-refractivity contribution >= 4 is 107 Å². The van der Waals surface area contributed by atoms with E-state index in [4.69, 9.17) is 18.9 Å². The van der Waals surface area contributed by atoms with Crippen molar-refractivity contribution in [2.75, 3.05) is 67.5 Å². The Labute approximate surface area is 357 Å². The summed E-state index contributed by atoms with van der Waals surface area (Å²) < 4.78 is 23.5. The van der Waals surface area contributed by atoms with Gasteiger partial charge in [-0.1, -0.05) is 19.2 Å². The largest absolute Gasteiger partial charge is 0.490 e. The second-order valence-corrected chi connectivity index (χ2v) is 18.3. The van der Waals surface area contributed by atoms with Gasteiger partial charge in [0.15, 0.2) is 0 Å². The number of ether oxygens (including phenoxy) is 4. The Morgan fingerprint density at radius 2 is 1.11 bits per heavy atom. The monoisotopic (exact) mass is 882 g/mol. The molecule has 0 aliphatic carbocycles. The summed E-state index contributed by atoms with van der Waals surface area (Å²) in [5, 5.41) is 0. The molecule has 0 N–H and O–H groups in total. The summed E-state index contributed by atoms with van der Waals surface area (Å²) in [5.41, 5.74) is 3.93. The van der Waals surface area contributed by atoms with Crippen molar-refractivity contribution in [2.24, 2.45) is 0 Å². The molecule has 0 aliphatic heterocycles. The third kappa shape index (κ3) is 15.8. The third-order valence-electron chi connectivity index (χ3n) is 7.89. The summed E-state index contributed by atoms with van der Waals surface area (Å²) in [7, 11) is 0. The van der Waals surface area contributed by atoms with Gasteiger partial charge in [0.2, 0.25) is 0 Å². The Morgan fingerprint density at radius 1 is 0.667 bits per heavy atom. The Hall–Kier alpha value is -1.52. The van der Waals surface area contributed by atoms with E-state index in [-0.39, 0.29) is 13.2 Å². The van der Waals surface area contributed by atoms with Gasteiger partial charge in [0.1, 0.15) is 36.9 Å². The Kier molecular flexibility index (Phi) is 22.9. The molecule has 2 atom stereocenters. The van der Waals surface area contributed by atoms with Crippen molar-refractivity contribution in [3.8, 4) is 11.5 Å². The van der Waals surface area contributed by atoms with Crippen LogP contribution >= 0.6 is 95.0 Å². The number of carbonyl (C=O) groups is 2. The van der Waals surface area contributed by atoms with Crippen LogP contribution in [-0.4, -0.2) is 91.7 Å². The van der Waals surface area contributed by atoms with Gasteiger partial charge in [0.25, 0.3) is 0 Å². The Morgan fingerprint density at radius 3 is 1.54 bits per heavy atom. The van der Waals surface area contributed by atoms with Gasteiger partial charge in [-0.2, -0.15) is 36.2 Å². The van der Waals surface area contributed by atoms with Crippen LogP contribution in [0.3, 0.4) is 0 Å². The number of hydrogen-bond acceptors (Lipinski definition) is 14. The summed E-state index contributed by atoms with van der Waals surface area (Å²) >= 11 is 16.8. The highest BCUT2D eigenvalue weighted by Gasteiger charge is 2.18. The van der Waals surface area contributed by atoms with Crippen molar-refractivity contribution < 1.29 is 28.5 Å². The predicted octanol–water partition coefficient (Wildman–Crippen LogP) is 10.6. The van der Waals surface area contributed by atoms with Crippen LogP contribution in [0.5, 0.6) is 11.5 Å². The van der Waals surface area contributed by atoms with E-state index in [9.17, 15) is 9.59 Å². The molecule has 294 valence electrons. The smallest absolute Gasteiger partial charge is 0.330 e. The fourth-order valence-electron chi connectivity index (χ4n) is 5.19. The lowest BCUT2D eigenvalue weighted by Crippen LogP contribution is -2.27. The van der Waals surface area contributed by atoms with E-state index in [0.717, 1.165) is 24.3 Å². The second kappa shape index (κ2) is 26.4. The first-order chi connectivity index (χ1) is 26.2. The van der Waals surface area contributed by atoms with Crippen LogP contribution in [-0.2, 0) is 37.7 Å². The van der Waals surface area contributed by atoms with Crippen LogP contribution in [0.1, 0.15) is 16.7 Å². The zero-order valence-electron chi connectivity index (χ0n) is 31.5. The van der Waals surface area contributed by atoms with E-state index in [1.165, 1.54) is 53.3 Å². The minimum absolute atomic E-state index is 0.170. The summed E-state index contributed by atoms with van der Waals surface area (Å²) in [6.07, 6.45) is 13.7. The maximum atomic E-state index is 12.2. The van der Waals surface area contributed by atoms with Crippen molar-refractivity contribution in [3.05, 3.63) is 90.5 Å². The normalized spacial score (nSPS) is 12.1. The molecule has 0 fully saturated rings. The maximum absolute atomic E-state index is 12.2. The average molecular weight is 883 g/mol. The summed E-state index contributed by atoms with van der Waals surface area (Å²) in [5.74, 6) is 3.74. The molecule has 0 aliphatic rings. The minimum atomic E-state index is -0.489. The fourth-order valence-corrected chi connectivity index (χ4v) is 10.7. The molecule has 3 rings (SSSR count). The first-order valence-electron chi connectivity index (χ1n) is 17.0. The topological polar surface area (TPSA) is 71.1 Å². The van der Waals surface area contributed by atoms with Gasteiger partial charge >= 0.3 is 11.9 Å². The lowest BCUT2D eigenvalue weighted by atomic mass is 10.1. The zero-order chi connectivity index (χ0) is 39.3. The molecule has 0 amide bonds. The second-order valence-electron chi connectivity index (χ2n) is 11.4. The summed E-state index contributed by atoms with van der Waals surface area (Å²) in [4.78, 5) is 30.8. The van der Waals surface area contributed by atoms with Gasteiger partial charge in [-0.05, 0) is 109 Å². The molecule has 3 aromatic carbocycles. The molecule has 2 unspecified atom stereocenters. The molecule has 0 saturated carbocycles. The lowest BCUT2D eigenvalue weighted by molar-refractivity contribution is -0.144. The number of benzene rings is 3. The van der Waals surface area contributed by atoms with Gasteiger partial charge in [0.05, 0.1) is 0 Å². The van der Waals surface area contributed by atoms with Crippen LogP contribution in [0.25, 0.3) is 0 Å². The first kappa shape index (κ1) is 46.9. The molecule has 6 nitrogen and oxygen atoms in total. The lowest BCUT2D eigenvalue weighted by Gasteiger charge is -2.20. The highest BCUT2D eigenvalue weighted by Crippen LogP contribution is 2.35. The first-order valence-corrected chi connectivity index (χ1v) is 26.1. The summed E-state index contributed by atoms with van der Waals surface area (Å²) in [6.45, 7) is 7.46. The highest BCUT2D eigenvalue weighted by molar-refractivity contribution is 8.00. The molecule has 14 heteroatoms. The van der Waals surface area contributed by atoms with Crippen LogP contribution in [0.4, 0.5) is 0 Å². The Bertz CT molecular complexity index is 1500. The number of thioether (sulfide) groups is 7. The van der Waals surface area contributed by atoms with Crippen LogP contribution in [0.15, 0.2) is 98.3 Å². The van der Waals surface area contributed by atoms with Crippen LogP contribution in [0.2, 0.25) is 0 Å². The molecule has 0 saturated heterocycles. The van der Waals surface area contributed by atoms with E-state index in [0.29, 0.717) is 28.8 Å². The zero-order valence-corrected chi connectivity index (χ0v) is 38.1. The average Bonchev–Trinajstić information content (AvgIpc) is 3.21. The predicted molar refractivity (Wildman–Crippen MR) is 244 cm³/mol. The SMILES string of the molecule is C=CC(=O)OC(COc1cccc(OCC(CSCCc2c(SC)cc(SC)cc2SC)OC(=O)C=C)c1)CSCCc1c(CS)cc(SC)cc1SC. The number of thiol groups is 1. The molecular weight excluding hydrogens is 833 g/mol. The van der Waals surface area contributed by atoms with E-state index < -0.39 is 24.1 Å². The van der Waals surface area contributed by atoms with Gasteiger partial charge in [-0.3, -0.25) is 0 Å². The maximum Gasteiger partial charge on any atom is 0.330 e. The van der Waals surface area contributed by atoms with Gasteiger partial charge in [0, 0.05) is 60.0 Å². The Balaban J connectivity index is 1.57. The highest BCUT2D eigenvalue weighted by atomic mass is 32.2. The van der Waals surface area contributed by atoms with Gasteiger partial charge in [-0.25, -0.2) is 9.59 Å². The molecule has 3 aromatic rings. The van der Waals surface area contributed by atoms with Crippen molar-refractivity contribution in [3.63, 3.8) is 0 Å². The fraction of sp³-hybridized carbons (Fsp3) is 0.400. The minimum Gasteiger partial charge on any atom is -0.490 e. The van der Waals surface area contributed by atoms with Crippen molar-refractivity contribution in [2.45, 2.75) is 55.3 Å². The molecule has 0 radical (unpaired) electrons. The molecule has 0 spiro atoms. The summed E-state index contributed by atoms with van der Waals surface area (Å²) in [6, 6.07) is 16.3. The molecule has 0 aromatic heterocycles. The van der Waals surface area contributed by atoms with Gasteiger partial charge < -0.3 is 18.9 Å². The van der Waals surface area contributed by atoms with E-state index in [1.807, 2.05) is 18.2 Å².